The Balaban J connectivity index is 1.51. The van der Waals surface area contributed by atoms with Crippen LogP contribution < -0.4 is 14.2 Å². The third kappa shape index (κ3) is 4.41. The van der Waals surface area contributed by atoms with Crippen molar-refractivity contribution >= 4 is 5.91 Å². The van der Waals surface area contributed by atoms with Gasteiger partial charge in [-0.25, -0.2) is 4.39 Å². The topological polar surface area (TPSA) is 48.0 Å². The number of carbonyl (C=O) groups excluding carboxylic acids is 1. The number of benzene rings is 2. The normalized spacial score (nSPS) is 12.1. The molecule has 0 atom stereocenters. The summed E-state index contributed by atoms with van der Waals surface area (Å²) in [6.45, 7) is 3.52. The van der Waals surface area contributed by atoms with Crippen molar-refractivity contribution in [3.8, 4) is 17.2 Å². The fourth-order valence-corrected chi connectivity index (χ4v) is 2.58. The Bertz CT molecular complexity index is 733. The van der Waals surface area contributed by atoms with Gasteiger partial charge < -0.3 is 19.1 Å². The molecule has 0 saturated heterocycles. The highest BCUT2D eigenvalue weighted by atomic mass is 19.1. The summed E-state index contributed by atoms with van der Waals surface area (Å²) in [6.07, 6.45) is 0.260. The quantitative estimate of drug-likeness (QED) is 0.772. The molecule has 1 aliphatic rings. The molecule has 0 aliphatic carbocycles. The Morgan fingerprint density at radius 1 is 1.16 bits per heavy atom. The average molecular weight is 345 g/mol. The molecule has 0 unspecified atom stereocenters. The van der Waals surface area contributed by atoms with Crippen molar-refractivity contribution < 1.29 is 23.4 Å². The van der Waals surface area contributed by atoms with Gasteiger partial charge in [0, 0.05) is 13.1 Å². The van der Waals surface area contributed by atoms with Crippen LogP contribution >= 0.6 is 0 Å². The van der Waals surface area contributed by atoms with Crippen molar-refractivity contribution in [2.24, 2.45) is 0 Å². The summed E-state index contributed by atoms with van der Waals surface area (Å²) in [4.78, 5) is 14.1. The number of rotatable bonds is 7. The molecule has 2 aromatic carbocycles. The Labute approximate surface area is 145 Å². The molecule has 1 heterocycles. The minimum absolute atomic E-state index is 0.00211. The first-order valence-corrected chi connectivity index (χ1v) is 8.20. The minimum Gasteiger partial charge on any atom is -0.493 e. The predicted molar refractivity (Wildman–Crippen MR) is 90.2 cm³/mol. The van der Waals surface area contributed by atoms with E-state index in [2.05, 4.69) is 0 Å². The van der Waals surface area contributed by atoms with Crippen LogP contribution in [0.25, 0.3) is 0 Å². The van der Waals surface area contributed by atoms with Crippen LogP contribution in [-0.2, 0) is 11.3 Å². The monoisotopic (exact) mass is 345 g/mol. The predicted octanol–water partition coefficient (Wildman–Crippen LogP) is 3.37. The maximum Gasteiger partial charge on any atom is 0.231 e. The first kappa shape index (κ1) is 17.1. The molecule has 0 fully saturated rings. The number of nitrogens with zero attached hydrogens (tertiary/aromatic N) is 1. The Kier molecular flexibility index (Phi) is 5.38. The average Bonchev–Trinajstić information content (AvgIpc) is 3.09. The van der Waals surface area contributed by atoms with Gasteiger partial charge in [0.1, 0.15) is 11.6 Å². The summed E-state index contributed by atoms with van der Waals surface area (Å²) < 4.78 is 29.0. The maximum absolute atomic E-state index is 12.8. The number of carbonyl (C=O) groups is 1. The summed E-state index contributed by atoms with van der Waals surface area (Å²) in [5.41, 5.74) is 0.985. The lowest BCUT2D eigenvalue weighted by Crippen LogP contribution is -2.31. The molecular formula is C19H20FNO4. The van der Waals surface area contributed by atoms with E-state index >= 15 is 0 Å². The lowest BCUT2D eigenvalue weighted by molar-refractivity contribution is -0.132. The van der Waals surface area contributed by atoms with Gasteiger partial charge in [-0.2, -0.15) is 0 Å². The zero-order valence-electron chi connectivity index (χ0n) is 14.0. The number of hydrogen-bond donors (Lipinski definition) is 0. The molecule has 0 N–H and O–H groups in total. The summed E-state index contributed by atoms with van der Waals surface area (Å²) >= 11 is 0. The van der Waals surface area contributed by atoms with Crippen LogP contribution in [0.5, 0.6) is 17.2 Å². The second-order valence-electron chi connectivity index (χ2n) is 5.65. The fourth-order valence-electron chi connectivity index (χ4n) is 2.58. The number of halogens is 1. The van der Waals surface area contributed by atoms with Gasteiger partial charge in [0.25, 0.3) is 0 Å². The van der Waals surface area contributed by atoms with Crippen molar-refractivity contribution in [2.45, 2.75) is 19.9 Å². The molecule has 5 nitrogen and oxygen atoms in total. The molecule has 0 aromatic heterocycles. The minimum atomic E-state index is -0.315. The van der Waals surface area contributed by atoms with Crippen molar-refractivity contribution in [2.75, 3.05) is 19.9 Å². The Morgan fingerprint density at radius 2 is 1.92 bits per heavy atom. The third-order valence-electron chi connectivity index (χ3n) is 3.94. The molecule has 132 valence electrons. The molecule has 1 aliphatic heterocycles. The van der Waals surface area contributed by atoms with E-state index in [1.165, 1.54) is 12.1 Å². The molecule has 1 amide bonds. The van der Waals surface area contributed by atoms with Crippen LogP contribution in [0.4, 0.5) is 4.39 Å². The van der Waals surface area contributed by atoms with Crippen LogP contribution in [0.15, 0.2) is 42.5 Å². The number of hydrogen-bond acceptors (Lipinski definition) is 4. The SMILES string of the molecule is CCN(Cc1ccc2c(c1)OCO2)C(=O)CCOc1ccc(F)cc1. The highest BCUT2D eigenvalue weighted by Crippen LogP contribution is 2.32. The van der Waals surface area contributed by atoms with E-state index < -0.39 is 0 Å². The Hall–Kier alpha value is -2.76. The van der Waals surface area contributed by atoms with Crippen molar-refractivity contribution in [3.05, 3.63) is 53.8 Å². The van der Waals surface area contributed by atoms with Gasteiger partial charge in [0.2, 0.25) is 12.7 Å². The smallest absolute Gasteiger partial charge is 0.231 e. The van der Waals surface area contributed by atoms with Crippen molar-refractivity contribution in [1.29, 1.82) is 0 Å². The van der Waals surface area contributed by atoms with Crippen molar-refractivity contribution in [3.63, 3.8) is 0 Å². The number of ether oxygens (including phenoxy) is 3. The summed E-state index contributed by atoms with van der Waals surface area (Å²) in [7, 11) is 0. The van der Waals surface area contributed by atoms with E-state index in [1.807, 2.05) is 25.1 Å². The van der Waals surface area contributed by atoms with E-state index in [4.69, 9.17) is 14.2 Å². The summed E-state index contributed by atoms with van der Waals surface area (Å²) in [5, 5.41) is 0. The zero-order valence-corrected chi connectivity index (χ0v) is 14.0. The lowest BCUT2D eigenvalue weighted by Gasteiger charge is -2.21. The third-order valence-corrected chi connectivity index (χ3v) is 3.94. The fraction of sp³-hybridized carbons (Fsp3) is 0.316. The van der Waals surface area contributed by atoms with E-state index in [1.54, 1.807) is 17.0 Å². The zero-order chi connectivity index (χ0) is 17.6. The van der Waals surface area contributed by atoms with E-state index in [0.29, 0.717) is 24.6 Å². The van der Waals surface area contributed by atoms with Crippen LogP contribution in [0.1, 0.15) is 18.9 Å². The van der Waals surface area contributed by atoms with Crippen LogP contribution in [0.3, 0.4) is 0 Å². The highest BCUT2D eigenvalue weighted by molar-refractivity contribution is 5.76. The standard InChI is InChI=1S/C19H20FNO4/c1-2-21(12-14-3-8-17-18(11-14)25-13-24-17)19(22)9-10-23-16-6-4-15(20)5-7-16/h3-8,11H,2,9-10,12-13H2,1H3. The second kappa shape index (κ2) is 7.88. The van der Waals surface area contributed by atoms with E-state index in [9.17, 15) is 9.18 Å². The molecular weight excluding hydrogens is 325 g/mol. The highest BCUT2D eigenvalue weighted by Gasteiger charge is 2.16. The molecule has 0 bridgehead atoms. The van der Waals surface area contributed by atoms with Gasteiger partial charge in [-0.15, -0.1) is 0 Å². The first-order chi connectivity index (χ1) is 12.2. The molecule has 6 heteroatoms. The van der Waals surface area contributed by atoms with E-state index in [0.717, 1.165) is 11.3 Å². The van der Waals surface area contributed by atoms with Gasteiger partial charge in [0.05, 0.1) is 13.0 Å². The van der Waals surface area contributed by atoms with Gasteiger partial charge in [-0.3, -0.25) is 4.79 Å². The van der Waals surface area contributed by atoms with Gasteiger partial charge in [-0.05, 0) is 48.9 Å². The van der Waals surface area contributed by atoms with Crippen LogP contribution in [-0.4, -0.2) is 30.8 Å². The van der Waals surface area contributed by atoms with E-state index in [-0.39, 0.29) is 31.5 Å². The van der Waals surface area contributed by atoms with Crippen molar-refractivity contribution in [1.82, 2.24) is 4.90 Å². The molecule has 0 radical (unpaired) electrons. The maximum atomic E-state index is 12.8. The van der Waals surface area contributed by atoms with Gasteiger partial charge in [-0.1, -0.05) is 6.07 Å². The van der Waals surface area contributed by atoms with Gasteiger partial charge in [0.15, 0.2) is 11.5 Å². The van der Waals surface area contributed by atoms with Crippen LogP contribution in [0, 0.1) is 5.82 Å². The summed E-state index contributed by atoms with van der Waals surface area (Å²) in [6, 6.07) is 11.4. The molecule has 0 saturated carbocycles. The Morgan fingerprint density at radius 3 is 2.68 bits per heavy atom. The van der Waals surface area contributed by atoms with Gasteiger partial charge >= 0.3 is 0 Å². The van der Waals surface area contributed by atoms with Crippen LogP contribution in [0.2, 0.25) is 0 Å². The molecule has 25 heavy (non-hydrogen) atoms. The lowest BCUT2D eigenvalue weighted by atomic mass is 10.2. The second-order valence-corrected chi connectivity index (χ2v) is 5.65. The largest absolute Gasteiger partial charge is 0.493 e. The number of fused-ring (bicyclic) bond motifs is 1. The summed E-state index contributed by atoms with van der Waals surface area (Å²) in [5.74, 6) is 1.67. The molecule has 0 spiro atoms. The number of amides is 1. The molecule has 2 aromatic rings. The first-order valence-electron chi connectivity index (χ1n) is 8.20. The molecule has 3 rings (SSSR count).